The lowest BCUT2D eigenvalue weighted by Gasteiger charge is -2.29. The maximum atomic E-state index is 11.9. The highest BCUT2D eigenvalue weighted by molar-refractivity contribution is 5.94. The van der Waals surface area contributed by atoms with Crippen LogP contribution in [0.15, 0.2) is 23.1 Å². The molecule has 9 heteroatoms. The van der Waals surface area contributed by atoms with E-state index in [2.05, 4.69) is 17.6 Å². The van der Waals surface area contributed by atoms with Crippen molar-refractivity contribution in [3.63, 3.8) is 0 Å². The summed E-state index contributed by atoms with van der Waals surface area (Å²) in [7, 11) is 0. The number of rotatable bonds is 4. The van der Waals surface area contributed by atoms with Crippen molar-refractivity contribution in [2.24, 2.45) is 5.92 Å². The number of hydrogen-bond donors (Lipinski definition) is 2. The first-order chi connectivity index (χ1) is 11.4. The lowest BCUT2D eigenvalue weighted by Crippen LogP contribution is -2.48. The van der Waals surface area contributed by atoms with Crippen LogP contribution in [0.1, 0.15) is 32.6 Å². The van der Waals surface area contributed by atoms with E-state index < -0.39 is 29.0 Å². The van der Waals surface area contributed by atoms with Crippen molar-refractivity contribution >= 4 is 17.6 Å². The first-order valence-electron chi connectivity index (χ1n) is 7.82. The van der Waals surface area contributed by atoms with Gasteiger partial charge in [0.15, 0.2) is 0 Å². The molecule has 0 aromatic carbocycles. The molecule has 3 amide bonds. The van der Waals surface area contributed by atoms with Crippen molar-refractivity contribution in [1.29, 1.82) is 0 Å². The van der Waals surface area contributed by atoms with Gasteiger partial charge in [-0.25, -0.2) is 4.79 Å². The number of carbonyl (C=O) groups is 2. The Bertz CT molecular complexity index is 699. The van der Waals surface area contributed by atoms with Crippen molar-refractivity contribution < 1.29 is 14.5 Å². The van der Waals surface area contributed by atoms with Crippen LogP contribution in [0.3, 0.4) is 0 Å². The Balaban J connectivity index is 1.93. The van der Waals surface area contributed by atoms with E-state index in [0.717, 1.165) is 48.6 Å². The maximum absolute atomic E-state index is 11.9. The highest BCUT2D eigenvalue weighted by Gasteiger charge is 2.23. The number of imide groups is 1. The summed E-state index contributed by atoms with van der Waals surface area (Å²) in [5, 5.41) is 15.6. The molecule has 2 N–H and O–H groups in total. The number of carbonyl (C=O) groups excluding carboxylic acids is 2. The molecular formula is C15H20N4O5. The highest BCUT2D eigenvalue weighted by atomic mass is 16.6. The van der Waals surface area contributed by atoms with E-state index >= 15 is 0 Å². The normalized spacial score (nSPS) is 20.2. The molecule has 0 radical (unpaired) electrons. The Hall–Kier alpha value is -2.71. The van der Waals surface area contributed by atoms with Gasteiger partial charge in [0.2, 0.25) is 5.91 Å². The molecule has 9 nitrogen and oxygen atoms in total. The van der Waals surface area contributed by atoms with Crippen LogP contribution in [0.4, 0.5) is 10.5 Å². The number of hydrogen-bond acceptors (Lipinski definition) is 5. The van der Waals surface area contributed by atoms with Gasteiger partial charge in [-0.1, -0.05) is 19.8 Å². The lowest BCUT2D eigenvalue weighted by atomic mass is 9.86. The number of urea groups is 1. The van der Waals surface area contributed by atoms with Crippen LogP contribution in [0.2, 0.25) is 0 Å². The van der Waals surface area contributed by atoms with Crippen LogP contribution in [0, 0.1) is 16.0 Å². The van der Waals surface area contributed by atoms with Gasteiger partial charge in [-0.05, 0) is 18.8 Å². The average molecular weight is 336 g/mol. The molecule has 1 aliphatic rings. The van der Waals surface area contributed by atoms with Gasteiger partial charge in [-0.15, -0.1) is 0 Å². The minimum Gasteiger partial charge on any atom is -0.335 e. The minimum atomic E-state index is -0.710. The SMILES string of the molecule is C[C@@H]1CCCC[C@H]1NC(=O)NC(=O)Cn1cc([N+](=O)[O-])ccc1=O. The summed E-state index contributed by atoms with van der Waals surface area (Å²) in [6, 6.07) is 1.48. The Morgan fingerprint density at radius 1 is 1.33 bits per heavy atom. The van der Waals surface area contributed by atoms with Gasteiger partial charge in [0.1, 0.15) is 6.54 Å². The fraction of sp³-hybridized carbons (Fsp3) is 0.533. The monoisotopic (exact) mass is 336 g/mol. The molecule has 1 aromatic heterocycles. The van der Waals surface area contributed by atoms with Crippen LogP contribution >= 0.6 is 0 Å². The third-order valence-electron chi connectivity index (χ3n) is 4.17. The van der Waals surface area contributed by atoms with Gasteiger partial charge >= 0.3 is 6.03 Å². The van der Waals surface area contributed by atoms with E-state index in [0.29, 0.717) is 5.92 Å². The summed E-state index contributed by atoms with van der Waals surface area (Å²) in [6.07, 6.45) is 5.04. The molecule has 1 aromatic rings. The Kier molecular flexibility index (Phi) is 5.67. The molecule has 24 heavy (non-hydrogen) atoms. The molecular weight excluding hydrogens is 316 g/mol. The third-order valence-corrected chi connectivity index (χ3v) is 4.17. The van der Waals surface area contributed by atoms with Gasteiger partial charge in [0.25, 0.3) is 11.2 Å². The molecule has 1 aliphatic carbocycles. The van der Waals surface area contributed by atoms with Gasteiger partial charge in [-0.2, -0.15) is 0 Å². The largest absolute Gasteiger partial charge is 0.335 e. The van der Waals surface area contributed by atoms with Crippen LogP contribution < -0.4 is 16.2 Å². The molecule has 2 atom stereocenters. The number of nitrogens with zero attached hydrogens (tertiary/aromatic N) is 2. The van der Waals surface area contributed by atoms with E-state index in [1.807, 2.05) is 0 Å². The third kappa shape index (κ3) is 4.64. The predicted octanol–water partition coefficient (Wildman–Crippen LogP) is 1.16. The van der Waals surface area contributed by atoms with E-state index in [-0.39, 0.29) is 11.7 Å². The standard InChI is InChI=1S/C15H20N4O5/c1-10-4-2-3-5-12(10)16-15(22)17-13(20)9-18-8-11(19(23)24)6-7-14(18)21/h6-8,10,12H,2-5,9H2,1H3,(H2,16,17,20,22)/t10-,12-/m1/s1. The summed E-state index contributed by atoms with van der Waals surface area (Å²) in [6.45, 7) is 1.59. The minimum absolute atomic E-state index is 0.0204. The molecule has 0 spiro atoms. The summed E-state index contributed by atoms with van der Waals surface area (Å²) in [5.41, 5.74) is -0.861. The highest BCUT2D eigenvalue weighted by Crippen LogP contribution is 2.23. The summed E-state index contributed by atoms with van der Waals surface area (Å²) >= 11 is 0. The number of nitro groups is 1. The van der Waals surface area contributed by atoms with Crippen LogP contribution in [-0.2, 0) is 11.3 Å². The van der Waals surface area contributed by atoms with Gasteiger partial charge < -0.3 is 5.32 Å². The van der Waals surface area contributed by atoms with Crippen LogP contribution in [0.5, 0.6) is 0 Å². The molecule has 130 valence electrons. The molecule has 0 bridgehead atoms. The molecule has 2 rings (SSSR count). The van der Waals surface area contributed by atoms with E-state index in [9.17, 15) is 24.5 Å². The van der Waals surface area contributed by atoms with E-state index in [1.165, 1.54) is 0 Å². The smallest absolute Gasteiger partial charge is 0.321 e. The quantitative estimate of drug-likeness (QED) is 0.631. The van der Waals surface area contributed by atoms with Crippen molar-refractivity contribution in [3.05, 3.63) is 38.8 Å². The van der Waals surface area contributed by atoms with Crippen molar-refractivity contribution in [3.8, 4) is 0 Å². The average Bonchev–Trinajstić information content (AvgIpc) is 2.51. The fourth-order valence-electron chi connectivity index (χ4n) is 2.81. The van der Waals surface area contributed by atoms with Crippen molar-refractivity contribution in [2.75, 3.05) is 0 Å². The Labute approximate surface area is 138 Å². The Morgan fingerprint density at radius 3 is 2.71 bits per heavy atom. The van der Waals surface area contributed by atoms with Crippen LogP contribution in [-0.4, -0.2) is 27.5 Å². The second kappa shape index (κ2) is 7.71. The van der Waals surface area contributed by atoms with Crippen LogP contribution in [0.25, 0.3) is 0 Å². The first kappa shape index (κ1) is 17.6. The van der Waals surface area contributed by atoms with Gasteiger partial charge in [0.05, 0.1) is 11.1 Å². The van der Waals surface area contributed by atoms with Gasteiger partial charge in [0, 0.05) is 18.2 Å². The molecule has 0 unspecified atom stereocenters. The summed E-state index contributed by atoms with van der Waals surface area (Å²) in [5.74, 6) is -0.363. The number of aromatic nitrogens is 1. The molecule has 0 aliphatic heterocycles. The summed E-state index contributed by atoms with van der Waals surface area (Å²) in [4.78, 5) is 45.4. The maximum Gasteiger partial charge on any atom is 0.321 e. The second-order valence-electron chi connectivity index (χ2n) is 6.00. The molecule has 1 saturated carbocycles. The van der Waals surface area contributed by atoms with E-state index in [1.54, 1.807) is 0 Å². The van der Waals surface area contributed by atoms with Crippen molar-refractivity contribution in [2.45, 2.75) is 45.2 Å². The number of nitrogens with one attached hydrogen (secondary N) is 2. The van der Waals surface area contributed by atoms with E-state index in [4.69, 9.17) is 0 Å². The number of amides is 3. The zero-order valence-corrected chi connectivity index (χ0v) is 13.4. The molecule has 1 fully saturated rings. The lowest BCUT2D eigenvalue weighted by molar-refractivity contribution is -0.385. The fourth-order valence-corrected chi connectivity index (χ4v) is 2.81. The number of pyridine rings is 1. The topological polar surface area (TPSA) is 123 Å². The summed E-state index contributed by atoms with van der Waals surface area (Å²) < 4.78 is 0.893. The molecule has 1 heterocycles. The Morgan fingerprint density at radius 2 is 2.04 bits per heavy atom. The first-order valence-corrected chi connectivity index (χ1v) is 7.82. The second-order valence-corrected chi connectivity index (χ2v) is 6.00. The zero-order valence-electron chi connectivity index (χ0n) is 13.4. The van der Waals surface area contributed by atoms with Crippen molar-refractivity contribution in [1.82, 2.24) is 15.2 Å². The molecule has 0 saturated heterocycles. The zero-order chi connectivity index (χ0) is 17.7. The van der Waals surface area contributed by atoms with Gasteiger partial charge in [-0.3, -0.25) is 29.6 Å². The predicted molar refractivity (Wildman–Crippen MR) is 85.5 cm³/mol.